The largest absolute Gasteiger partial charge is 0.633 e. The van der Waals surface area contributed by atoms with Crippen LogP contribution in [0.25, 0.3) is 0 Å². The molecule has 30 heavy (non-hydrogen) atoms. The number of hydrogen-bond donors (Lipinski definition) is 0. The highest BCUT2D eigenvalue weighted by Crippen LogP contribution is 2.16. The molecule has 174 valence electrons. The van der Waals surface area contributed by atoms with Crippen molar-refractivity contribution in [3.63, 3.8) is 0 Å². The minimum atomic E-state index is -0.136. The number of nitrogens with zero attached hydrogens (tertiary/aromatic N) is 1. The Hall–Kier alpha value is -0.860. The van der Waals surface area contributed by atoms with Crippen LogP contribution < -0.4 is 0 Å². The highest BCUT2D eigenvalue weighted by molar-refractivity contribution is 5.13. The molecule has 0 saturated heterocycles. The summed E-state index contributed by atoms with van der Waals surface area (Å²) in [7, 11) is 1.82. The molecule has 1 unspecified atom stereocenters. The standard InChI is InChI=1S/C28H51NO/c1-3-4-5-6-7-8-9-10-11-12-13-14-15-16-17-18-19-23-26-29(2,30)27-28-24-21-20-22-25-28/h20-22,24-25H,3-19,23,26-27H2,1-2H3. The van der Waals surface area contributed by atoms with Crippen molar-refractivity contribution >= 4 is 0 Å². The number of rotatable bonds is 21. The molecule has 2 heteroatoms. The van der Waals surface area contributed by atoms with Gasteiger partial charge >= 0.3 is 0 Å². The fourth-order valence-corrected chi connectivity index (χ4v) is 4.40. The number of unbranched alkanes of at least 4 members (excludes halogenated alkanes) is 17. The first kappa shape index (κ1) is 27.2. The zero-order chi connectivity index (χ0) is 21.8. The van der Waals surface area contributed by atoms with Crippen LogP contribution in [-0.2, 0) is 6.54 Å². The molecule has 0 amide bonds. The lowest BCUT2D eigenvalue weighted by Gasteiger charge is -2.38. The first-order valence-corrected chi connectivity index (χ1v) is 13.2. The quantitative estimate of drug-likeness (QED) is 0.111. The number of quaternary nitrogens is 1. The molecule has 0 aliphatic carbocycles. The molecule has 1 aromatic carbocycles. The molecule has 0 aliphatic rings. The third kappa shape index (κ3) is 16.9. The number of hydroxylamine groups is 3. The van der Waals surface area contributed by atoms with Crippen LogP contribution in [0.5, 0.6) is 0 Å². The summed E-state index contributed by atoms with van der Waals surface area (Å²) in [6.45, 7) is 3.63. The smallest absolute Gasteiger partial charge is 0.104 e. The molecule has 0 heterocycles. The summed E-state index contributed by atoms with van der Waals surface area (Å²) in [5, 5.41) is 12.6. The Morgan fingerprint density at radius 2 is 0.933 bits per heavy atom. The highest BCUT2D eigenvalue weighted by Gasteiger charge is 2.10. The van der Waals surface area contributed by atoms with Crippen LogP contribution in [0.2, 0.25) is 0 Å². The first-order chi connectivity index (χ1) is 14.6. The van der Waals surface area contributed by atoms with Gasteiger partial charge in [-0.15, -0.1) is 0 Å². The second-order valence-electron chi connectivity index (χ2n) is 9.67. The molecule has 0 spiro atoms. The highest BCUT2D eigenvalue weighted by atomic mass is 16.5. The van der Waals surface area contributed by atoms with Crippen molar-refractivity contribution in [2.75, 3.05) is 13.6 Å². The Labute approximate surface area is 188 Å². The average Bonchev–Trinajstić information content (AvgIpc) is 2.73. The molecule has 0 radical (unpaired) electrons. The van der Waals surface area contributed by atoms with E-state index >= 15 is 0 Å². The predicted molar refractivity (Wildman–Crippen MR) is 133 cm³/mol. The number of hydrogen-bond acceptors (Lipinski definition) is 1. The molecule has 1 atom stereocenters. The lowest BCUT2D eigenvalue weighted by atomic mass is 10.0. The molecule has 1 rings (SSSR count). The lowest BCUT2D eigenvalue weighted by molar-refractivity contribution is -0.874. The van der Waals surface area contributed by atoms with Crippen molar-refractivity contribution in [2.24, 2.45) is 0 Å². The number of benzene rings is 1. The topological polar surface area (TPSA) is 23.1 Å². The van der Waals surface area contributed by atoms with Crippen molar-refractivity contribution in [1.82, 2.24) is 0 Å². The fourth-order valence-electron chi connectivity index (χ4n) is 4.40. The second kappa shape index (κ2) is 18.9. The van der Waals surface area contributed by atoms with Gasteiger partial charge in [0.15, 0.2) is 0 Å². The summed E-state index contributed by atoms with van der Waals surface area (Å²) >= 11 is 0. The van der Waals surface area contributed by atoms with Crippen molar-refractivity contribution in [3.8, 4) is 0 Å². The third-order valence-corrected chi connectivity index (χ3v) is 6.34. The average molecular weight is 418 g/mol. The molecule has 0 N–H and O–H groups in total. The van der Waals surface area contributed by atoms with E-state index in [9.17, 15) is 5.21 Å². The van der Waals surface area contributed by atoms with E-state index in [2.05, 4.69) is 19.1 Å². The monoisotopic (exact) mass is 417 g/mol. The van der Waals surface area contributed by atoms with Gasteiger partial charge in [-0.2, -0.15) is 0 Å². The van der Waals surface area contributed by atoms with Crippen molar-refractivity contribution < 1.29 is 4.65 Å². The molecular formula is C28H51NO. The van der Waals surface area contributed by atoms with Gasteiger partial charge in [0.1, 0.15) is 6.54 Å². The first-order valence-electron chi connectivity index (χ1n) is 13.2. The Bertz CT molecular complexity index is 471. The Morgan fingerprint density at radius 3 is 1.33 bits per heavy atom. The Morgan fingerprint density at radius 1 is 0.567 bits per heavy atom. The van der Waals surface area contributed by atoms with E-state index in [1.807, 2.05) is 25.2 Å². The van der Waals surface area contributed by atoms with Gasteiger partial charge in [-0.3, -0.25) is 0 Å². The van der Waals surface area contributed by atoms with Gasteiger partial charge in [-0.1, -0.05) is 140 Å². The zero-order valence-electron chi connectivity index (χ0n) is 20.4. The van der Waals surface area contributed by atoms with E-state index in [1.54, 1.807) is 0 Å². The van der Waals surface area contributed by atoms with Gasteiger partial charge in [0.05, 0.1) is 13.6 Å². The zero-order valence-corrected chi connectivity index (χ0v) is 20.4. The minimum Gasteiger partial charge on any atom is -0.633 e. The summed E-state index contributed by atoms with van der Waals surface area (Å²) in [6, 6.07) is 10.2. The minimum absolute atomic E-state index is 0.136. The normalized spacial score (nSPS) is 13.4. The van der Waals surface area contributed by atoms with Crippen LogP contribution in [0.15, 0.2) is 30.3 Å². The maximum Gasteiger partial charge on any atom is 0.104 e. The van der Waals surface area contributed by atoms with Crippen LogP contribution >= 0.6 is 0 Å². The Balaban J connectivity index is 1.79. The molecular weight excluding hydrogens is 366 g/mol. The maximum atomic E-state index is 12.6. The predicted octanol–water partition coefficient (Wildman–Crippen LogP) is 9.17. The van der Waals surface area contributed by atoms with Gasteiger partial charge in [-0.05, 0) is 12.8 Å². The van der Waals surface area contributed by atoms with Crippen molar-refractivity contribution in [1.29, 1.82) is 0 Å². The van der Waals surface area contributed by atoms with Gasteiger partial charge in [0.25, 0.3) is 0 Å². The fraction of sp³-hybridized carbons (Fsp3) is 0.786. The van der Waals surface area contributed by atoms with Crippen LogP contribution in [0, 0.1) is 5.21 Å². The van der Waals surface area contributed by atoms with E-state index in [0.717, 1.165) is 18.5 Å². The van der Waals surface area contributed by atoms with Crippen LogP contribution in [0.3, 0.4) is 0 Å². The van der Waals surface area contributed by atoms with Crippen molar-refractivity contribution in [3.05, 3.63) is 41.1 Å². The lowest BCUT2D eigenvalue weighted by Crippen LogP contribution is -2.37. The molecule has 0 saturated carbocycles. The Kier molecular flexibility index (Phi) is 17.1. The molecule has 0 aromatic heterocycles. The molecule has 0 aliphatic heterocycles. The van der Waals surface area contributed by atoms with Gasteiger partial charge in [-0.25, -0.2) is 0 Å². The third-order valence-electron chi connectivity index (χ3n) is 6.34. The van der Waals surface area contributed by atoms with Crippen molar-refractivity contribution in [2.45, 2.75) is 129 Å². The second-order valence-corrected chi connectivity index (χ2v) is 9.67. The molecule has 2 nitrogen and oxygen atoms in total. The van der Waals surface area contributed by atoms with E-state index in [0.29, 0.717) is 6.54 Å². The van der Waals surface area contributed by atoms with E-state index < -0.39 is 0 Å². The SMILES string of the molecule is CCCCCCCCCCCCCCCCCCCC[N+](C)([O-])Cc1ccccc1. The van der Waals surface area contributed by atoms with E-state index in [1.165, 1.54) is 109 Å². The maximum absolute atomic E-state index is 12.6. The van der Waals surface area contributed by atoms with Gasteiger partial charge in [0, 0.05) is 5.56 Å². The summed E-state index contributed by atoms with van der Waals surface area (Å²) in [5.74, 6) is 0. The molecule has 0 bridgehead atoms. The molecule has 0 fully saturated rings. The van der Waals surface area contributed by atoms with Gasteiger partial charge < -0.3 is 9.85 Å². The van der Waals surface area contributed by atoms with E-state index in [-0.39, 0.29) is 4.65 Å². The summed E-state index contributed by atoms with van der Waals surface area (Å²) in [5.41, 5.74) is 1.15. The summed E-state index contributed by atoms with van der Waals surface area (Å²) in [6.07, 6.45) is 25.0. The van der Waals surface area contributed by atoms with Crippen LogP contribution in [0.4, 0.5) is 0 Å². The van der Waals surface area contributed by atoms with Gasteiger partial charge in [0.2, 0.25) is 0 Å². The van der Waals surface area contributed by atoms with Crippen LogP contribution in [0.1, 0.15) is 128 Å². The van der Waals surface area contributed by atoms with Crippen LogP contribution in [-0.4, -0.2) is 18.2 Å². The summed E-state index contributed by atoms with van der Waals surface area (Å²) < 4.78 is -0.136. The van der Waals surface area contributed by atoms with E-state index in [4.69, 9.17) is 0 Å². The molecule has 1 aromatic rings. The summed E-state index contributed by atoms with van der Waals surface area (Å²) in [4.78, 5) is 0.